The van der Waals surface area contributed by atoms with Gasteiger partial charge < -0.3 is 10.2 Å². The Bertz CT molecular complexity index is 506. The van der Waals surface area contributed by atoms with Gasteiger partial charge in [-0.2, -0.15) is 0 Å². The van der Waals surface area contributed by atoms with Crippen LogP contribution < -0.4 is 5.32 Å². The van der Waals surface area contributed by atoms with Gasteiger partial charge in [-0.1, -0.05) is 20.3 Å². The predicted molar refractivity (Wildman–Crippen MR) is 89.0 cm³/mol. The number of rotatable bonds is 5. The molecule has 3 rings (SSSR count). The molecule has 2 atom stereocenters. The normalized spacial score (nSPS) is 25.1. The van der Waals surface area contributed by atoms with Gasteiger partial charge in [0.1, 0.15) is 5.82 Å². The molecule has 4 heteroatoms. The summed E-state index contributed by atoms with van der Waals surface area (Å²) < 4.78 is 0. The minimum atomic E-state index is 0.126. The molecule has 2 heterocycles. The maximum atomic E-state index is 12.5. The van der Waals surface area contributed by atoms with Crippen molar-refractivity contribution in [2.75, 3.05) is 18.4 Å². The number of nitrogens with zero attached hydrogens (tertiary/aromatic N) is 2. The fraction of sp³-hybridized carbons (Fsp3) is 0.667. The van der Waals surface area contributed by atoms with Gasteiger partial charge >= 0.3 is 0 Å². The molecule has 4 nitrogen and oxygen atoms in total. The lowest BCUT2D eigenvalue weighted by atomic mass is 9.99. The van der Waals surface area contributed by atoms with Crippen LogP contribution in [0.15, 0.2) is 18.3 Å². The topological polar surface area (TPSA) is 45.2 Å². The second kappa shape index (κ2) is 6.67. The average molecular weight is 301 g/mol. The Morgan fingerprint density at radius 3 is 2.77 bits per heavy atom. The second-order valence-electron chi connectivity index (χ2n) is 6.94. The Morgan fingerprint density at radius 2 is 2.14 bits per heavy atom. The molecule has 1 N–H and O–H groups in total. The molecule has 0 bridgehead atoms. The summed E-state index contributed by atoms with van der Waals surface area (Å²) in [6.07, 6.45) is 7.74. The van der Waals surface area contributed by atoms with Crippen LogP contribution in [0.5, 0.6) is 0 Å². The number of hydrogen-bond donors (Lipinski definition) is 1. The first-order valence-corrected chi connectivity index (χ1v) is 8.69. The third kappa shape index (κ3) is 3.60. The molecule has 1 aromatic heterocycles. The Kier molecular flexibility index (Phi) is 4.65. The Labute approximate surface area is 133 Å². The van der Waals surface area contributed by atoms with Crippen molar-refractivity contribution in [3.8, 4) is 0 Å². The molecule has 120 valence electrons. The third-order valence-corrected chi connectivity index (χ3v) is 5.00. The van der Waals surface area contributed by atoms with Crippen molar-refractivity contribution in [1.82, 2.24) is 9.88 Å². The first-order valence-electron chi connectivity index (χ1n) is 8.69. The quantitative estimate of drug-likeness (QED) is 0.904. The summed E-state index contributed by atoms with van der Waals surface area (Å²) in [6, 6.07) is 4.44. The maximum absolute atomic E-state index is 12.5. The Hall–Kier alpha value is -1.58. The van der Waals surface area contributed by atoms with Gasteiger partial charge in [-0.15, -0.1) is 0 Å². The number of nitrogens with one attached hydrogen (secondary N) is 1. The maximum Gasteiger partial charge on any atom is 0.255 e. The molecule has 1 aliphatic carbocycles. The van der Waals surface area contributed by atoms with Crippen molar-refractivity contribution in [2.45, 2.75) is 52.0 Å². The smallest absolute Gasteiger partial charge is 0.255 e. The van der Waals surface area contributed by atoms with Crippen LogP contribution in [0.3, 0.4) is 0 Å². The zero-order chi connectivity index (χ0) is 15.5. The standard InChI is InChI=1S/C18H27N3O/c1-3-4-14-11-16(14)20-17-6-5-15(12-19-17)18(22)21-9-7-13(2)8-10-21/h5-6,12-14,16H,3-4,7-11H2,1-2H3,(H,19,20). The van der Waals surface area contributed by atoms with E-state index in [0.717, 1.165) is 43.6 Å². The van der Waals surface area contributed by atoms with E-state index in [9.17, 15) is 4.79 Å². The molecular weight excluding hydrogens is 274 g/mol. The molecule has 1 saturated carbocycles. The number of pyridine rings is 1. The first kappa shape index (κ1) is 15.3. The van der Waals surface area contributed by atoms with Crippen LogP contribution in [-0.4, -0.2) is 34.9 Å². The SMILES string of the molecule is CCCC1CC1Nc1ccc(C(=O)N2CCC(C)CC2)cn1. The molecule has 0 spiro atoms. The molecule has 2 fully saturated rings. The second-order valence-corrected chi connectivity index (χ2v) is 6.94. The third-order valence-electron chi connectivity index (χ3n) is 5.00. The van der Waals surface area contributed by atoms with E-state index in [2.05, 4.69) is 24.1 Å². The number of carbonyl (C=O) groups is 1. The van der Waals surface area contributed by atoms with Gasteiger partial charge in [0, 0.05) is 25.3 Å². The molecule has 1 aliphatic heterocycles. The number of likely N-dealkylation sites (tertiary alicyclic amines) is 1. The summed E-state index contributed by atoms with van der Waals surface area (Å²) in [4.78, 5) is 18.8. The van der Waals surface area contributed by atoms with E-state index >= 15 is 0 Å². The summed E-state index contributed by atoms with van der Waals surface area (Å²) in [7, 11) is 0. The summed E-state index contributed by atoms with van der Waals surface area (Å²) >= 11 is 0. The lowest BCUT2D eigenvalue weighted by molar-refractivity contribution is 0.0697. The summed E-state index contributed by atoms with van der Waals surface area (Å²) in [5.41, 5.74) is 0.709. The number of hydrogen-bond acceptors (Lipinski definition) is 3. The summed E-state index contributed by atoms with van der Waals surface area (Å²) in [5.74, 6) is 2.57. The average Bonchev–Trinajstić information content (AvgIpc) is 3.26. The number of carbonyl (C=O) groups excluding carboxylic acids is 1. The number of aromatic nitrogens is 1. The van der Waals surface area contributed by atoms with Crippen LogP contribution in [0.25, 0.3) is 0 Å². The van der Waals surface area contributed by atoms with E-state index in [1.807, 2.05) is 17.0 Å². The molecular formula is C18H27N3O. The van der Waals surface area contributed by atoms with E-state index in [1.54, 1.807) is 6.20 Å². The van der Waals surface area contributed by atoms with Crippen LogP contribution in [-0.2, 0) is 0 Å². The van der Waals surface area contributed by atoms with Crippen LogP contribution in [0.2, 0.25) is 0 Å². The molecule has 0 radical (unpaired) electrons. The minimum absolute atomic E-state index is 0.126. The first-order chi connectivity index (χ1) is 10.7. The molecule has 1 saturated heterocycles. The van der Waals surface area contributed by atoms with Crippen LogP contribution in [0.4, 0.5) is 5.82 Å². The van der Waals surface area contributed by atoms with E-state index in [1.165, 1.54) is 19.3 Å². The van der Waals surface area contributed by atoms with E-state index in [-0.39, 0.29) is 5.91 Å². The van der Waals surface area contributed by atoms with Gasteiger partial charge in [-0.3, -0.25) is 4.79 Å². The molecule has 1 aromatic rings. The lowest BCUT2D eigenvalue weighted by Gasteiger charge is -2.30. The molecule has 0 aromatic carbocycles. The van der Waals surface area contributed by atoms with Gasteiger partial charge in [0.25, 0.3) is 5.91 Å². The number of anilines is 1. The number of amides is 1. The van der Waals surface area contributed by atoms with Crippen molar-refractivity contribution in [3.63, 3.8) is 0 Å². The van der Waals surface area contributed by atoms with Gasteiger partial charge in [-0.05, 0) is 49.7 Å². The zero-order valence-corrected chi connectivity index (χ0v) is 13.7. The largest absolute Gasteiger partial charge is 0.367 e. The highest BCUT2D eigenvalue weighted by Gasteiger charge is 2.36. The van der Waals surface area contributed by atoms with E-state index in [4.69, 9.17) is 0 Å². The van der Waals surface area contributed by atoms with Gasteiger partial charge in [0.05, 0.1) is 5.56 Å². The van der Waals surface area contributed by atoms with Gasteiger partial charge in [0.15, 0.2) is 0 Å². The van der Waals surface area contributed by atoms with Gasteiger partial charge in [0.2, 0.25) is 0 Å². The van der Waals surface area contributed by atoms with Crippen molar-refractivity contribution in [1.29, 1.82) is 0 Å². The van der Waals surface area contributed by atoms with Crippen LogP contribution in [0, 0.1) is 11.8 Å². The highest BCUT2D eigenvalue weighted by atomic mass is 16.2. The molecule has 2 unspecified atom stereocenters. The number of piperidine rings is 1. The molecule has 22 heavy (non-hydrogen) atoms. The van der Waals surface area contributed by atoms with Crippen molar-refractivity contribution >= 4 is 11.7 Å². The highest BCUT2D eigenvalue weighted by Crippen LogP contribution is 2.36. The monoisotopic (exact) mass is 301 g/mol. The van der Waals surface area contributed by atoms with Crippen molar-refractivity contribution < 1.29 is 4.79 Å². The fourth-order valence-electron chi connectivity index (χ4n) is 3.30. The van der Waals surface area contributed by atoms with Gasteiger partial charge in [-0.25, -0.2) is 4.98 Å². The summed E-state index contributed by atoms with van der Waals surface area (Å²) in [5, 5.41) is 3.47. The summed E-state index contributed by atoms with van der Waals surface area (Å²) in [6.45, 7) is 6.24. The predicted octanol–water partition coefficient (Wildman–Crippen LogP) is 3.55. The van der Waals surface area contributed by atoms with Crippen molar-refractivity contribution in [2.24, 2.45) is 11.8 Å². The highest BCUT2D eigenvalue weighted by molar-refractivity contribution is 5.94. The van der Waals surface area contributed by atoms with E-state index < -0.39 is 0 Å². The van der Waals surface area contributed by atoms with E-state index in [0.29, 0.717) is 11.6 Å². The fourth-order valence-corrected chi connectivity index (χ4v) is 3.30. The Morgan fingerprint density at radius 1 is 1.36 bits per heavy atom. The van der Waals surface area contributed by atoms with Crippen LogP contribution >= 0.6 is 0 Å². The van der Waals surface area contributed by atoms with Crippen molar-refractivity contribution in [3.05, 3.63) is 23.9 Å². The molecule has 2 aliphatic rings. The minimum Gasteiger partial charge on any atom is -0.367 e. The molecule has 1 amide bonds. The lowest BCUT2D eigenvalue weighted by Crippen LogP contribution is -2.37. The van der Waals surface area contributed by atoms with Crippen LogP contribution in [0.1, 0.15) is 56.3 Å². The Balaban J connectivity index is 1.54. The zero-order valence-electron chi connectivity index (χ0n) is 13.7.